The van der Waals surface area contributed by atoms with Gasteiger partial charge in [-0.15, -0.1) is 0 Å². The molecule has 2 rings (SSSR count). The van der Waals surface area contributed by atoms with Gasteiger partial charge in [-0.1, -0.05) is 31.6 Å². The van der Waals surface area contributed by atoms with Gasteiger partial charge in [0.25, 0.3) is 0 Å². The zero-order valence-electron chi connectivity index (χ0n) is 14.6. The van der Waals surface area contributed by atoms with Gasteiger partial charge in [-0.05, 0) is 30.7 Å². The molecule has 0 amide bonds. The maximum Gasteiger partial charge on any atom is 0.236 e. The van der Waals surface area contributed by atoms with Gasteiger partial charge in [-0.2, -0.15) is 4.31 Å². The lowest BCUT2D eigenvalue weighted by Gasteiger charge is -2.34. The maximum absolute atomic E-state index is 13.0. The number of allylic oxidation sites excluding steroid dienone is 1. The third-order valence-electron chi connectivity index (χ3n) is 4.12. The second kappa shape index (κ2) is 9.59. The molecule has 25 heavy (non-hydrogen) atoms. The molecule has 4 nitrogen and oxygen atoms in total. The number of benzene rings is 1. The molecule has 0 N–H and O–H groups in total. The number of nitrogens with zero attached hydrogens (tertiary/aromatic N) is 2. The molecule has 1 heterocycles. The molecule has 0 spiro atoms. The van der Waals surface area contributed by atoms with Crippen LogP contribution in [0.3, 0.4) is 0 Å². The van der Waals surface area contributed by atoms with Gasteiger partial charge in [-0.3, -0.25) is 0 Å². The Hall–Kier alpha value is -1.84. The summed E-state index contributed by atoms with van der Waals surface area (Å²) in [5, 5.41) is 1.19. The number of halogens is 1. The molecule has 1 aromatic rings. The van der Waals surface area contributed by atoms with Gasteiger partial charge in [0.1, 0.15) is 5.82 Å². The average Bonchev–Trinajstić information content (AvgIpc) is 2.62. The first-order valence-corrected chi connectivity index (χ1v) is 10.2. The lowest BCUT2D eigenvalue weighted by Crippen LogP contribution is -2.48. The van der Waals surface area contributed by atoms with Crippen molar-refractivity contribution < 1.29 is 12.8 Å². The fourth-order valence-electron chi connectivity index (χ4n) is 2.65. The number of hydrogen-bond donors (Lipinski definition) is 0. The summed E-state index contributed by atoms with van der Waals surface area (Å²) in [5.74, 6) is 5.49. The van der Waals surface area contributed by atoms with Crippen LogP contribution < -0.4 is 4.90 Å². The maximum atomic E-state index is 13.0. The number of hydrogen-bond acceptors (Lipinski definition) is 3. The fraction of sp³-hybridized carbons (Fsp3) is 0.474. The number of anilines is 1. The van der Waals surface area contributed by atoms with Crippen LogP contribution in [-0.2, 0) is 10.0 Å². The van der Waals surface area contributed by atoms with E-state index < -0.39 is 10.0 Å². The molecule has 0 bridgehead atoms. The number of unbranched alkanes of at least 4 members (excludes halogenated alkanes) is 3. The summed E-state index contributed by atoms with van der Waals surface area (Å²) in [7, 11) is -3.43. The van der Waals surface area contributed by atoms with Gasteiger partial charge in [0, 0.05) is 44.4 Å². The fourth-order valence-corrected chi connectivity index (χ4v) is 3.74. The summed E-state index contributed by atoms with van der Waals surface area (Å²) in [5.41, 5.74) is 0.909. The molecule has 0 atom stereocenters. The molecule has 1 aliphatic rings. The van der Waals surface area contributed by atoms with Crippen LogP contribution in [0.15, 0.2) is 35.7 Å². The molecule has 6 heteroatoms. The first-order chi connectivity index (χ1) is 12.0. The molecule has 1 saturated heterocycles. The Kier molecular flexibility index (Phi) is 7.48. The molecule has 1 aliphatic heterocycles. The van der Waals surface area contributed by atoms with Crippen LogP contribution in [0, 0.1) is 17.7 Å². The molecular formula is C19H25FN2O2S. The van der Waals surface area contributed by atoms with Crippen molar-refractivity contribution >= 4 is 15.7 Å². The molecule has 0 saturated carbocycles. The van der Waals surface area contributed by atoms with Crippen LogP contribution in [0.25, 0.3) is 0 Å². The summed E-state index contributed by atoms with van der Waals surface area (Å²) in [4.78, 5) is 2.06. The van der Waals surface area contributed by atoms with Crippen LogP contribution in [-0.4, -0.2) is 38.9 Å². The van der Waals surface area contributed by atoms with Crippen molar-refractivity contribution in [2.45, 2.75) is 32.6 Å². The van der Waals surface area contributed by atoms with Gasteiger partial charge in [-0.25, -0.2) is 12.8 Å². The number of piperazine rings is 1. The molecule has 136 valence electrons. The highest BCUT2D eigenvalue weighted by atomic mass is 32.2. The van der Waals surface area contributed by atoms with E-state index in [4.69, 9.17) is 0 Å². The van der Waals surface area contributed by atoms with Gasteiger partial charge in [0.2, 0.25) is 10.0 Å². The molecular weight excluding hydrogens is 339 g/mol. The van der Waals surface area contributed by atoms with E-state index in [0.717, 1.165) is 31.4 Å². The van der Waals surface area contributed by atoms with Crippen molar-refractivity contribution in [3.63, 3.8) is 0 Å². The van der Waals surface area contributed by atoms with E-state index in [1.807, 2.05) is 0 Å². The van der Waals surface area contributed by atoms with E-state index in [1.165, 1.54) is 27.9 Å². The van der Waals surface area contributed by atoms with E-state index in [-0.39, 0.29) is 5.82 Å². The van der Waals surface area contributed by atoms with E-state index in [9.17, 15) is 12.8 Å². The second-order valence-corrected chi connectivity index (χ2v) is 7.81. The van der Waals surface area contributed by atoms with Crippen LogP contribution in [0.4, 0.5) is 10.1 Å². The first kappa shape index (κ1) is 19.5. The smallest absolute Gasteiger partial charge is 0.236 e. The Morgan fingerprint density at radius 2 is 1.80 bits per heavy atom. The highest BCUT2D eigenvalue weighted by Crippen LogP contribution is 2.18. The molecule has 1 aromatic carbocycles. The zero-order valence-corrected chi connectivity index (χ0v) is 15.4. The van der Waals surface area contributed by atoms with Crippen molar-refractivity contribution in [3.8, 4) is 11.8 Å². The Labute approximate surface area is 150 Å². The average molecular weight is 364 g/mol. The second-order valence-electron chi connectivity index (χ2n) is 5.99. The standard InChI is InChI=1S/C19H25FN2O2S/c1-2-3-4-5-6-7-8-17-25(23,24)22-15-13-21(14-16-22)19-11-9-18(20)10-12-19/h8-12,17H,2-5,13-16H2,1H3/b17-8+. The normalized spacial score (nSPS) is 16.0. The largest absolute Gasteiger partial charge is 0.369 e. The van der Waals surface area contributed by atoms with Gasteiger partial charge in [0.05, 0.1) is 5.41 Å². The van der Waals surface area contributed by atoms with E-state index in [1.54, 1.807) is 12.1 Å². The van der Waals surface area contributed by atoms with E-state index in [2.05, 4.69) is 23.7 Å². The predicted molar refractivity (Wildman–Crippen MR) is 100 cm³/mol. The number of sulfonamides is 1. The van der Waals surface area contributed by atoms with Gasteiger partial charge >= 0.3 is 0 Å². The Bertz CT molecular complexity index is 725. The lowest BCUT2D eigenvalue weighted by molar-refractivity contribution is 0.390. The van der Waals surface area contributed by atoms with Crippen LogP contribution in [0.2, 0.25) is 0 Å². The molecule has 0 aliphatic carbocycles. The van der Waals surface area contributed by atoms with Crippen molar-refractivity contribution in [1.29, 1.82) is 0 Å². The molecule has 0 radical (unpaired) electrons. The van der Waals surface area contributed by atoms with E-state index >= 15 is 0 Å². The SMILES string of the molecule is CCCCCC#C/C=C/S(=O)(=O)N1CCN(c2ccc(F)cc2)CC1. The van der Waals surface area contributed by atoms with Crippen molar-refractivity contribution in [1.82, 2.24) is 4.31 Å². The third kappa shape index (κ3) is 6.18. The Balaban J connectivity index is 1.85. The monoisotopic (exact) mass is 364 g/mol. The van der Waals surface area contributed by atoms with Crippen molar-refractivity contribution in [2.24, 2.45) is 0 Å². The Morgan fingerprint density at radius 1 is 1.12 bits per heavy atom. The zero-order chi connectivity index (χ0) is 18.1. The molecule has 0 unspecified atom stereocenters. The minimum absolute atomic E-state index is 0.272. The highest BCUT2D eigenvalue weighted by molar-refractivity contribution is 7.92. The first-order valence-electron chi connectivity index (χ1n) is 8.68. The molecule has 0 aromatic heterocycles. The predicted octanol–water partition coefficient (Wildman–Crippen LogP) is 3.37. The van der Waals surface area contributed by atoms with Crippen LogP contribution >= 0.6 is 0 Å². The minimum Gasteiger partial charge on any atom is -0.369 e. The van der Waals surface area contributed by atoms with Crippen LogP contribution in [0.5, 0.6) is 0 Å². The summed E-state index contributed by atoms with van der Waals surface area (Å²) in [6.45, 7) is 4.13. The summed E-state index contributed by atoms with van der Waals surface area (Å²) >= 11 is 0. The van der Waals surface area contributed by atoms with Crippen molar-refractivity contribution in [2.75, 3.05) is 31.1 Å². The minimum atomic E-state index is -3.43. The van der Waals surface area contributed by atoms with Crippen LogP contribution in [0.1, 0.15) is 32.6 Å². The number of rotatable bonds is 6. The van der Waals surface area contributed by atoms with Crippen molar-refractivity contribution in [3.05, 3.63) is 41.6 Å². The van der Waals surface area contributed by atoms with E-state index in [0.29, 0.717) is 26.2 Å². The topological polar surface area (TPSA) is 40.6 Å². The third-order valence-corrected chi connectivity index (χ3v) is 5.69. The Morgan fingerprint density at radius 3 is 2.44 bits per heavy atom. The quantitative estimate of drug-likeness (QED) is 0.574. The summed E-state index contributed by atoms with van der Waals surface area (Å²) in [6, 6.07) is 6.27. The lowest BCUT2D eigenvalue weighted by atomic mass is 10.2. The van der Waals surface area contributed by atoms with Gasteiger partial charge < -0.3 is 4.90 Å². The summed E-state index contributed by atoms with van der Waals surface area (Å²) in [6.07, 6.45) is 5.57. The molecule has 1 fully saturated rings. The highest BCUT2D eigenvalue weighted by Gasteiger charge is 2.24. The summed E-state index contributed by atoms with van der Waals surface area (Å²) < 4.78 is 39.1. The van der Waals surface area contributed by atoms with Gasteiger partial charge in [0.15, 0.2) is 0 Å².